The molecular weight excluding hydrogens is 397 g/mol. The van der Waals surface area contributed by atoms with Crippen molar-refractivity contribution in [2.75, 3.05) is 25.5 Å². The van der Waals surface area contributed by atoms with Crippen LogP contribution in [-0.4, -0.2) is 50.9 Å². The smallest absolute Gasteiger partial charge is 0.254 e. The van der Waals surface area contributed by atoms with Crippen LogP contribution in [0.15, 0.2) is 36.7 Å². The maximum atomic E-state index is 13.9. The first kappa shape index (κ1) is 21.1. The molecule has 1 N–H and O–H groups in total. The standard InChI is InChI=1S/C23H28FN5O2/c1-23(2,3)27-21-20(26-18-6-5-17(24)14-29(18)21)15-8-11-28(12-9-15)22(30)16-7-10-25-19(13-16)31-4/h5-7,10,13-15,27H,8-9,11-12H2,1-4H3. The maximum Gasteiger partial charge on any atom is 0.254 e. The number of pyridine rings is 2. The molecule has 0 saturated carbocycles. The number of anilines is 1. The van der Waals surface area contributed by atoms with Crippen LogP contribution in [0.5, 0.6) is 5.88 Å². The molecule has 0 unspecified atom stereocenters. The lowest BCUT2D eigenvalue weighted by Crippen LogP contribution is -2.38. The van der Waals surface area contributed by atoms with Gasteiger partial charge in [0.1, 0.15) is 17.3 Å². The molecule has 164 valence electrons. The van der Waals surface area contributed by atoms with Crippen molar-refractivity contribution < 1.29 is 13.9 Å². The fourth-order valence-electron chi connectivity index (χ4n) is 3.99. The molecule has 8 heteroatoms. The number of nitrogens with one attached hydrogen (secondary N) is 1. The monoisotopic (exact) mass is 425 g/mol. The number of carbonyl (C=O) groups is 1. The number of piperidine rings is 1. The van der Waals surface area contributed by atoms with E-state index in [-0.39, 0.29) is 23.2 Å². The third kappa shape index (κ3) is 4.47. The van der Waals surface area contributed by atoms with E-state index in [1.165, 1.54) is 19.4 Å². The summed E-state index contributed by atoms with van der Waals surface area (Å²) in [6.45, 7) is 7.47. The van der Waals surface area contributed by atoms with E-state index < -0.39 is 0 Å². The number of imidazole rings is 1. The number of hydrogen-bond acceptors (Lipinski definition) is 5. The van der Waals surface area contributed by atoms with E-state index in [0.717, 1.165) is 24.4 Å². The van der Waals surface area contributed by atoms with Gasteiger partial charge in [-0.3, -0.25) is 9.20 Å². The number of carbonyl (C=O) groups excluding carboxylic acids is 1. The molecule has 0 bridgehead atoms. The summed E-state index contributed by atoms with van der Waals surface area (Å²) < 4.78 is 20.8. The van der Waals surface area contributed by atoms with Gasteiger partial charge < -0.3 is 15.0 Å². The molecule has 4 rings (SSSR count). The van der Waals surface area contributed by atoms with Crippen LogP contribution in [0.4, 0.5) is 10.2 Å². The van der Waals surface area contributed by atoms with Crippen molar-refractivity contribution in [1.29, 1.82) is 0 Å². The number of nitrogens with zero attached hydrogens (tertiary/aromatic N) is 4. The molecule has 3 aromatic heterocycles. The summed E-state index contributed by atoms with van der Waals surface area (Å²) in [6, 6.07) is 6.49. The van der Waals surface area contributed by atoms with E-state index in [2.05, 4.69) is 31.1 Å². The van der Waals surface area contributed by atoms with Crippen molar-refractivity contribution in [3.8, 4) is 5.88 Å². The zero-order valence-electron chi connectivity index (χ0n) is 18.4. The lowest BCUT2D eigenvalue weighted by Gasteiger charge is -2.32. The Morgan fingerprint density at radius 2 is 1.97 bits per heavy atom. The van der Waals surface area contributed by atoms with E-state index in [0.29, 0.717) is 30.2 Å². The highest BCUT2D eigenvalue weighted by molar-refractivity contribution is 5.94. The topological polar surface area (TPSA) is 71.8 Å². The molecule has 0 atom stereocenters. The number of methoxy groups -OCH3 is 1. The molecule has 1 amide bonds. The van der Waals surface area contributed by atoms with Gasteiger partial charge in [0.25, 0.3) is 5.91 Å². The predicted octanol–water partition coefficient (Wildman–Crippen LogP) is 4.11. The Morgan fingerprint density at radius 1 is 1.23 bits per heavy atom. The van der Waals surface area contributed by atoms with Crippen LogP contribution < -0.4 is 10.1 Å². The van der Waals surface area contributed by atoms with Crippen LogP contribution in [0.3, 0.4) is 0 Å². The van der Waals surface area contributed by atoms with Crippen LogP contribution in [0.2, 0.25) is 0 Å². The normalized spacial score (nSPS) is 15.3. The highest BCUT2D eigenvalue weighted by atomic mass is 19.1. The fourth-order valence-corrected chi connectivity index (χ4v) is 3.99. The molecule has 1 aliphatic heterocycles. The van der Waals surface area contributed by atoms with Crippen molar-refractivity contribution in [3.05, 3.63) is 53.7 Å². The van der Waals surface area contributed by atoms with Gasteiger partial charge in [-0.15, -0.1) is 0 Å². The minimum Gasteiger partial charge on any atom is -0.481 e. The third-order valence-electron chi connectivity index (χ3n) is 5.46. The molecule has 0 aliphatic carbocycles. The number of fused-ring (bicyclic) bond motifs is 1. The SMILES string of the molecule is COc1cc(C(=O)N2CCC(c3nc4ccc(F)cn4c3NC(C)(C)C)CC2)ccn1. The van der Waals surface area contributed by atoms with Crippen LogP contribution in [0, 0.1) is 5.82 Å². The number of halogens is 1. The number of hydrogen-bond donors (Lipinski definition) is 1. The quantitative estimate of drug-likeness (QED) is 0.681. The fraction of sp³-hybridized carbons (Fsp3) is 0.435. The van der Waals surface area contributed by atoms with Crippen molar-refractivity contribution in [3.63, 3.8) is 0 Å². The van der Waals surface area contributed by atoms with Crippen LogP contribution in [0.1, 0.15) is 55.6 Å². The minimum absolute atomic E-state index is 0.0238. The number of amides is 1. The van der Waals surface area contributed by atoms with Crippen molar-refractivity contribution >= 4 is 17.4 Å². The lowest BCUT2D eigenvalue weighted by atomic mass is 9.92. The Bertz CT molecular complexity index is 1100. The third-order valence-corrected chi connectivity index (χ3v) is 5.46. The van der Waals surface area contributed by atoms with Gasteiger partial charge in [0, 0.05) is 48.6 Å². The summed E-state index contributed by atoms with van der Waals surface area (Å²) in [5, 5.41) is 3.50. The molecule has 3 aromatic rings. The molecule has 7 nitrogen and oxygen atoms in total. The summed E-state index contributed by atoms with van der Waals surface area (Å²) >= 11 is 0. The summed E-state index contributed by atoms with van der Waals surface area (Å²) in [5.74, 6) is 1.11. The first-order chi connectivity index (χ1) is 14.7. The molecule has 1 saturated heterocycles. The summed E-state index contributed by atoms with van der Waals surface area (Å²) in [4.78, 5) is 23.7. The van der Waals surface area contributed by atoms with Gasteiger partial charge in [-0.25, -0.2) is 14.4 Å². The summed E-state index contributed by atoms with van der Waals surface area (Å²) in [7, 11) is 1.53. The average molecular weight is 426 g/mol. The van der Waals surface area contributed by atoms with E-state index >= 15 is 0 Å². The first-order valence-corrected chi connectivity index (χ1v) is 10.5. The van der Waals surface area contributed by atoms with Gasteiger partial charge in [0.15, 0.2) is 0 Å². The first-order valence-electron chi connectivity index (χ1n) is 10.5. The molecule has 31 heavy (non-hydrogen) atoms. The van der Waals surface area contributed by atoms with Crippen LogP contribution in [0.25, 0.3) is 5.65 Å². The molecule has 0 radical (unpaired) electrons. The Morgan fingerprint density at radius 3 is 2.65 bits per heavy atom. The second-order valence-electron chi connectivity index (χ2n) is 8.95. The van der Waals surface area contributed by atoms with Crippen molar-refractivity contribution in [1.82, 2.24) is 19.3 Å². The van der Waals surface area contributed by atoms with Crippen molar-refractivity contribution in [2.45, 2.75) is 45.1 Å². The van der Waals surface area contributed by atoms with Gasteiger partial charge in [0.2, 0.25) is 5.88 Å². The molecule has 0 aromatic carbocycles. The Labute approximate surface area is 181 Å². The molecule has 1 fully saturated rings. The second-order valence-corrected chi connectivity index (χ2v) is 8.95. The Hall–Kier alpha value is -3.16. The van der Waals surface area contributed by atoms with Gasteiger partial charge >= 0.3 is 0 Å². The van der Waals surface area contributed by atoms with E-state index in [1.807, 2.05) is 4.90 Å². The molecular formula is C23H28FN5O2. The zero-order chi connectivity index (χ0) is 22.2. The highest BCUT2D eigenvalue weighted by Crippen LogP contribution is 2.35. The largest absolute Gasteiger partial charge is 0.481 e. The van der Waals surface area contributed by atoms with Crippen molar-refractivity contribution in [2.24, 2.45) is 0 Å². The number of ether oxygens (including phenoxy) is 1. The van der Waals surface area contributed by atoms with E-state index in [9.17, 15) is 9.18 Å². The zero-order valence-corrected chi connectivity index (χ0v) is 18.4. The number of aromatic nitrogens is 3. The Kier molecular flexibility index (Phi) is 5.56. The highest BCUT2D eigenvalue weighted by Gasteiger charge is 2.30. The summed E-state index contributed by atoms with van der Waals surface area (Å²) in [6.07, 6.45) is 4.63. The molecule has 1 aliphatic rings. The van der Waals surface area contributed by atoms with E-state index in [1.54, 1.807) is 28.8 Å². The summed E-state index contributed by atoms with van der Waals surface area (Å²) in [5.41, 5.74) is 2.01. The number of likely N-dealkylation sites (tertiary alicyclic amines) is 1. The number of rotatable bonds is 4. The lowest BCUT2D eigenvalue weighted by molar-refractivity contribution is 0.0712. The Balaban J connectivity index is 1.55. The molecule has 4 heterocycles. The van der Waals surface area contributed by atoms with Gasteiger partial charge in [-0.05, 0) is 51.8 Å². The molecule has 0 spiro atoms. The van der Waals surface area contributed by atoms with Gasteiger partial charge in [-0.1, -0.05) is 0 Å². The van der Waals surface area contributed by atoms with Gasteiger partial charge in [0.05, 0.1) is 12.8 Å². The van der Waals surface area contributed by atoms with E-state index in [4.69, 9.17) is 9.72 Å². The maximum absolute atomic E-state index is 13.9. The van der Waals surface area contributed by atoms with Crippen LogP contribution in [-0.2, 0) is 0 Å². The second kappa shape index (κ2) is 8.17. The van der Waals surface area contributed by atoms with Gasteiger partial charge in [-0.2, -0.15) is 0 Å². The van der Waals surface area contributed by atoms with Crippen LogP contribution >= 0.6 is 0 Å². The average Bonchev–Trinajstić information content (AvgIpc) is 3.09. The minimum atomic E-state index is -0.304. The predicted molar refractivity (Wildman–Crippen MR) is 117 cm³/mol.